The molecule has 1 atom stereocenters. The number of nitrogens with one attached hydrogen (secondary N) is 1. The van der Waals surface area contributed by atoms with Crippen LogP contribution in [0.1, 0.15) is 37.8 Å². The van der Waals surface area contributed by atoms with Gasteiger partial charge in [-0.05, 0) is 60.0 Å². The average Bonchev–Trinajstić information content (AvgIpc) is 2.72. The molecule has 162 valence electrons. The molecular formula is C23H28BrClN2O3. The number of carbonyl (C=O) groups excluding carboxylic acids is 2. The average molecular weight is 496 g/mol. The van der Waals surface area contributed by atoms with E-state index in [0.717, 1.165) is 24.0 Å². The summed E-state index contributed by atoms with van der Waals surface area (Å²) in [6, 6.07) is 12.4. The van der Waals surface area contributed by atoms with E-state index in [9.17, 15) is 9.59 Å². The molecule has 0 aromatic heterocycles. The van der Waals surface area contributed by atoms with Gasteiger partial charge in [0.2, 0.25) is 5.91 Å². The quantitative estimate of drug-likeness (QED) is 0.465. The Morgan fingerprint density at radius 1 is 1.20 bits per heavy atom. The van der Waals surface area contributed by atoms with Crippen molar-refractivity contribution in [3.8, 4) is 5.75 Å². The third-order valence-corrected chi connectivity index (χ3v) is 5.57. The molecule has 2 aromatic rings. The van der Waals surface area contributed by atoms with Crippen LogP contribution in [-0.2, 0) is 16.1 Å². The first-order chi connectivity index (χ1) is 14.3. The lowest BCUT2D eigenvalue weighted by Crippen LogP contribution is -2.49. The van der Waals surface area contributed by atoms with Crippen LogP contribution < -0.4 is 10.1 Å². The lowest BCUT2D eigenvalue weighted by atomic mass is 10.1. The summed E-state index contributed by atoms with van der Waals surface area (Å²) in [4.78, 5) is 27.2. The van der Waals surface area contributed by atoms with E-state index in [1.165, 1.54) is 0 Å². The summed E-state index contributed by atoms with van der Waals surface area (Å²) in [7, 11) is 0. The molecule has 1 unspecified atom stereocenters. The Morgan fingerprint density at radius 3 is 2.53 bits per heavy atom. The zero-order valence-corrected chi connectivity index (χ0v) is 19.9. The monoisotopic (exact) mass is 494 g/mol. The molecule has 2 amide bonds. The highest BCUT2D eigenvalue weighted by molar-refractivity contribution is 9.10. The first kappa shape index (κ1) is 24.2. The fourth-order valence-corrected chi connectivity index (χ4v) is 3.62. The molecular weight excluding hydrogens is 468 g/mol. The first-order valence-electron chi connectivity index (χ1n) is 10.0. The number of halogens is 2. The molecule has 0 radical (unpaired) electrons. The van der Waals surface area contributed by atoms with Crippen molar-refractivity contribution < 1.29 is 14.3 Å². The molecule has 0 aliphatic heterocycles. The van der Waals surface area contributed by atoms with E-state index >= 15 is 0 Å². The summed E-state index contributed by atoms with van der Waals surface area (Å²) in [5.41, 5.74) is 2.09. The second-order valence-electron chi connectivity index (χ2n) is 7.19. The summed E-state index contributed by atoms with van der Waals surface area (Å²) in [6.07, 6.45) is 1.89. The van der Waals surface area contributed by atoms with E-state index in [4.69, 9.17) is 16.3 Å². The highest BCUT2D eigenvalue weighted by atomic mass is 79.9. The second kappa shape index (κ2) is 12.0. The molecule has 0 aliphatic rings. The first-order valence-corrected chi connectivity index (χ1v) is 11.2. The van der Waals surface area contributed by atoms with Crippen molar-refractivity contribution in [2.45, 2.75) is 46.2 Å². The van der Waals surface area contributed by atoms with Gasteiger partial charge in [-0.25, -0.2) is 0 Å². The Bertz CT molecular complexity index is 858. The van der Waals surface area contributed by atoms with Crippen molar-refractivity contribution in [3.05, 3.63) is 63.1 Å². The van der Waals surface area contributed by atoms with Crippen molar-refractivity contribution >= 4 is 39.3 Å². The number of amides is 2. The smallest absolute Gasteiger partial charge is 0.261 e. The minimum absolute atomic E-state index is 0.170. The van der Waals surface area contributed by atoms with Crippen LogP contribution in [0.4, 0.5) is 0 Å². The molecule has 0 heterocycles. The number of carbonyl (C=O) groups is 2. The fraction of sp³-hybridized carbons (Fsp3) is 0.391. The van der Waals surface area contributed by atoms with Crippen molar-refractivity contribution in [1.29, 1.82) is 0 Å². The summed E-state index contributed by atoms with van der Waals surface area (Å²) in [5, 5.41) is 3.48. The number of hydrogen-bond donors (Lipinski definition) is 1. The van der Waals surface area contributed by atoms with Gasteiger partial charge in [-0.1, -0.05) is 54.8 Å². The summed E-state index contributed by atoms with van der Waals surface area (Å²) in [6.45, 7) is 6.56. The van der Waals surface area contributed by atoms with Crippen molar-refractivity contribution in [1.82, 2.24) is 10.2 Å². The van der Waals surface area contributed by atoms with Crippen molar-refractivity contribution in [2.75, 3.05) is 13.2 Å². The number of nitrogens with zero attached hydrogens (tertiary/aromatic N) is 1. The molecule has 0 bridgehead atoms. The number of hydrogen-bond acceptors (Lipinski definition) is 3. The molecule has 5 nitrogen and oxygen atoms in total. The summed E-state index contributed by atoms with van der Waals surface area (Å²) in [5.74, 6) is 0.0789. The molecule has 0 saturated heterocycles. The Hall–Kier alpha value is -2.05. The number of benzene rings is 2. The van der Waals surface area contributed by atoms with Gasteiger partial charge in [-0.15, -0.1) is 0 Å². The van der Waals surface area contributed by atoms with Crippen LogP contribution in [0.25, 0.3) is 0 Å². The Balaban J connectivity index is 2.12. The molecule has 2 rings (SSSR count). The zero-order valence-electron chi connectivity index (χ0n) is 17.6. The number of unbranched alkanes of at least 4 members (excludes halogenated alkanes) is 1. The Labute approximate surface area is 191 Å². The van der Waals surface area contributed by atoms with E-state index in [1.54, 1.807) is 30.0 Å². The number of aryl methyl sites for hydroxylation is 1. The minimum atomic E-state index is -0.618. The highest BCUT2D eigenvalue weighted by Crippen LogP contribution is 2.28. The largest absolute Gasteiger partial charge is 0.483 e. The number of ether oxygens (including phenoxy) is 1. The van der Waals surface area contributed by atoms with E-state index in [2.05, 4.69) is 28.2 Å². The van der Waals surface area contributed by atoms with Gasteiger partial charge in [-0.2, -0.15) is 0 Å². The maximum absolute atomic E-state index is 13.0. The van der Waals surface area contributed by atoms with Crippen LogP contribution in [0.15, 0.2) is 46.9 Å². The maximum Gasteiger partial charge on any atom is 0.261 e. The van der Waals surface area contributed by atoms with Gasteiger partial charge in [0.05, 0.1) is 4.47 Å². The van der Waals surface area contributed by atoms with Gasteiger partial charge in [-0.3, -0.25) is 9.59 Å². The summed E-state index contributed by atoms with van der Waals surface area (Å²) < 4.78 is 6.36. The highest BCUT2D eigenvalue weighted by Gasteiger charge is 2.26. The lowest BCUT2D eigenvalue weighted by Gasteiger charge is -2.29. The molecule has 2 aromatic carbocycles. The van der Waals surface area contributed by atoms with E-state index in [-0.39, 0.29) is 18.4 Å². The molecule has 0 spiro atoms. The van der Waals surface area contributed by atoms with E-state index in [0.29, 0.717) is 28.3 Å². The van der Waals surface area contributed by atoms with Gasteiger partial charge in [0, 0.05) is 18.1 Å². The van der Waals surface area contributed by atoms with E-state index < -0.39 is 6.04 Å². The van der Waals surface area contributed by atoms with Gasteiger partial charge >= 0.3 is 0 Å². The van der Waals surface area contributed by atoms with Crippen LogP contribution in [-0.4, -0.2) is 35.9 Å². The van der Waals surface area contributed by atoms with Crippen molar-refractivity contribution in [3.63, 3.8) is 0 Å². The van der Waals surface area contributed by atoms with Gasteiger partial charge in [0.25, 0.3) is 5.91 Å². The van der Waals surface area contributed by atoms with Crippen molar-refractivity contribution in [2.24, 2.45) is 0 Å². The molecule has 7 heteroatoms. The second-order valence-corrected chi connectivity index (χ2v) is 8.48. The predicted molar refractivity (Wildman–Crippen MR) is 124 cm³/mol. The SMILES string of the molecule is CCCCNC(=O)C(C)N(Cc1ccc(C)cc1)C(=O)COc1ccc(Cl)cc1Br. The molecule has 0 fully saturated rings. The van der Waals surface area contributed by atoms with Crippen LogP contribution >= 0.6 is 27.5 Å². The zero-order chi connectivity index (χ0) is 22.1. The normalized spacial score (nSPS) is 11.6. The molecule has 0 saturated carbocycles. The van der Waals surface area contributed by atoms with E-state index in [1.807, 2.05) is 31.2 Å². The summed E-state index contributed by atoms with van der Waals surface area (Å²) >= 11 is 9.34. The topological polar surface area (TPSA) is 58.6 Å². The third kappa shape index (κ3) is 7.33. The molecule has 1 N–H and O–H groups in total. The predicted octanol–water partition coefficient (Wildman–Crippen LogP) is 5.12. The fourth-order valence-electron chi connectivity index (χ4n) is 2.82. The van der Waals surface area contributed by atoms with Gasteiger partial charge < -0.3 is 15.0 Å². The molecule has 0 aliphatic carbocycles. The van der Waals surface area contributed by atoms with Gasteiger partial charge in [0.1, 0.15) is 11.8 Å². The number of rotatable bonds is 10. The molecule has 30 heavy (non-hydrogen) atoms. The van der Waals surface area contributed by atoms with Crippen LogP contribution in [0.5, 0.6) is 5.75 Å². The van der Waals surface area contributed by atoms with Gasteiger partial charge in [0.15, 0.2) is 6.61 Å². The standard InChI is InChI=1S/C23H28BrClN2O3/c1-4-5-12-26-23(29)17(3)27(14-18-8-6-16(2)7-9-18)22(28)15-30-21-11-10-19(25)13-20(21)24/h6-11,13,17H,4-5,12,14-15H2,1-3H3,(H,26,29). The Morgan fingerprint density at radius 2 is 1.90 bits per heavy atom. The van der Waals surface area contributed by atoms with Crippen LogP contribution in [0.3, 0.4) is 0 Å². The van der Waals surface area contributed by atoms with Crippen LogP contribution in [0.2, 0.25) is 5.02 Å². The van der Waals surface area contributed by atoms with Crippen LogP contribution in [0, 0.1) is 6.92 Å². The third-order valence-electron chi connectivity index (χ3n) is 4.72. The minimum Gasteiger partial charge on any atom is -0.483 e. The lowest BCUT2D eigenvalue weighted by molar-refractivity contribution is -0.142. The maximum atomic E-state index is 13.0. The Kier molecular flexibility index (Phi) is 9.66.